The number of aromatic nitrogens is 1. The maximum absolute atomic E-state index is 13.4. The number of nitrogens with zero attached hydrogens (tertiary/aromatic N) is 1. The van der Waals surface area contributed by atoms with Gasteiger partial charge in [0.2, 0.25) is 0 Å². The first kappa shape index (κ1) is 17.0. The Morgan fingerprint density at radius 2 is 2.33 bits per heavy atom. The van der Waals surface area contributed by atoms with E-state index in [-0.39, 0.29) is 0 Å². The molecule has 0 radical (unpaired) electrons. The molecule has 0 unspecified atom stereocenters. The van der Waals surface area contributed by atoms with Crippen molar-refractivity contribution in [2.75, 3.05) is 5.32 Å². The predicted molar refractivity (Wildman–Crippen MR) is 98.3 cm³/mol. The van der Waals surface area contributed by atoms with Gasteiger partial charge in [-0.2, -0.15) is 4.37 Å². The van der Waals surface area contributed by atoms with Gasteiger partial charge >= 0.3 is 0 Å². The number of thiophene rings is 1. The number of nitrogens with one attached hydrogen (secondary N) is 1. The standard InChI is InChI=1S/C17H18FN3OS2/c1-3-5-12-14(8-13(19)10(2)18)23-16-15(12)21-24-17(16)20-9-11-6-4-7-22-11/h4,6-7,10,13,20H,8-9,19H2,1-2H3/t10-,13+/m0/s1. The Morgan fingerprint density at radius 1 is 1.50 bits per heavy atom. The molecular weight excluding hydrogens is 345 g/mol. The van der Waals surface area contributed by atoms with Crippen molar-refractivity contribution >= 4 is 38.1 Å². The zero-order chi connectivity index (χ0) is 17.1. The number of fused-ring (bicyclic) bond motifs is 1. The molecule has 0 fully saturated rings. The van der Waals surface area contributed by atoms with Crippen molar-refractivity contribution in [3.8, 4) is 11.8 Å². The van der Waals surface area contributed by atoms with E-state index in [9.17, 15) is 4.39 Å². The molecule has 0 amide bonds. The summed E-state index contributed by atoms with van der Waals surface area (Å²) >= 11 is 2.99. The van der Waals surface area contributed by atoms with Gasteiger partial charge in [-0.3, -0.25) is 0 Å². The van der Waals surface area contributed by atoms with E-state index in [1.54, 1.807) is 24.5 Å². The molecule has 0 aliphatic rings. The maximum Gasteiger partial charge on any atom is 0.127 e. The average molecular weight is 363 g/mol. The molecular formula is C17H18FN3OS2. The summed E-state index contributed by atoms with van der Waals surface area (Å²) in [5.74, 6) is 6.88. The molecule has 0 aliphatic carbocycles. The van der Waals surface area contributed by atoms with Crippen LogP contribution in [-0.4, -0.2) is 16.6 Å². The molecule has 3 N–H and O–H groups in total. The van der Waals surface area contributed by atoms with E-state index in [2.05, 4.69) is 21.5 Å². The van der Waals surface area contributed by atoms with Gasteiger partial charge in [-0.25, -0.2) is 4.39 Å². The van der Waals surface area contributed by atoms with Gasteiger partial charge in [-0.05, 0) is 37.5 Å². The van der Waals surface area contributed by atoms with Crippen molar-refractivity contribution in [1.82, 2.24) is 4.37 Å². The molecule has 3 aromatic heterocycles. The summed E-state index contributed by atoms with van der Waals surface area (Å²) in [7, 11) is 0. The second-order valence-corrected chi connectivity index (χ2v) is 7.32. The minimum atomic E-state index is -1.06. The van der Waals surface area contributed by atoms with E-state index >= 15 is 0 Å². The lowest BCUT2D eigenvalue weighted by Gasteiger charge is -2.11. The van der Waals surface area contributed by atoms with E-state index in [1.165, 1.54) is 18.5 Å². The SMILES string of the molecule is CC#Cc1c(C[C@@H](N)[C@H](C)F)sc2c(NCc3ccco3)snc12. The van der Waals surface area contributed by atoms with Gasteiger partial charge in [-0.1, -0.05) is 5.92 Å². The van der Waals surface area contributed by atoms with Crippen molar-refractivity contribution < 1.29 is 8.81 Å². The van der Waals surface area contributed by atoms with Crippen molar-refractivity contribution in [3.63, 3.8) is 0 Å². The summed E-state index contributed by atoms with van der Waals surface area (Å²) in [6.45, 7) is 3.86. The van der Waals surface area contributed by atoms with Crippen LogP contribution in [0.2, 0.25) is 0 Å². The van der Waals surface area contributed by atoms with Crippen LogP contribution in [0.3, 0.4) is 0 Å². The van der Waals surface area contributed by atoms with E-state index in [0.29, 0.717) is 13.0 Å². The zero-order valence-corrected chi connectivity index (χ0v) is 15.1. The quantitative estimate of drug-likeness (QED) is 0.646. The predicted octanol–water partition coefficient (Wildman–Crippen LogP) is 4.16. The molecule has 3 heterocycles. The second-order valence-electron chi connectivity index (χ2n) is 5.44. The Hall–Kier alpha value is -1.88. The van der Waals surface area contributed by atoms with Crippen LogP contribution in [0.15, 0.2) is 22.8 Å². The van der Waals surface area contributed by atoms with Crippen molar-refractivity contribution in [2.45, 2.75) is 39.0 Å². The third-order valence-corrected chi connectivity index (χ3v) is 5.81. The normalized spacial score (nSPS) is 13.5. The highest BCUT2D eigenvalue weighted by Crippen LogP contribution is 2.39. The van der Waals surface area contributed by atoms with Crippen LogP contribution in [0.1, 0.15) is 30.0 Å². The number of halogens is 1. The first-order valence-electron chi connectivity index (χ1n) is 7.59. The van der Waals surface area contributed by atoms with Crippen LogP contribution in [0.5, 0.6) is 0 Å². The van der Waals surface area contributed by atoms with Crippen molar-refractivity contribution in [3.05, 3.63) is 34.6 Å². The molecule has 0 aromatic carbocycles. The highest BCUT2D eigenvalue weighted by Gasteiger charge is 2.21. The minimum Gasteiger partial charge on any atom is -0.467 e. The Morgan fingerprint density at radius 3 is 3.00 bits per heavy atom. The summed E-state index contributed by atoms with van der Waals surface area (Å²) in [6, 6.07) is 3.24. The monoisotopic (exact) mass is 363 g/mol. The number of nitrogens with two attached hydrogens (primary N) is 1. The van der Waals surface area contributed by atoms with Gasteiger partial charge in [0.05, 0.1) is 23.1 Å². The van der Waals surface area contributed by atoms with Crippen LogP contribution in [0.25, 0.3) is 10.2 Å². The van der Waals surface area contributed by atoms with Crippen molar-refractivity contribution in [1.29, 1.82) is 0 Å². The summed E-state index contributed by atoms with van der Waals surface area (Å²) in [4.78, 5) is 0.993. The van der Waals surface area contributed by atoms with Crippen LogP contribution in [0.4, 0.5) is 9.39 Å². The first-order valence-corrected chi connectivity index (χ1v) is 9.18. The summed E-state index contributed by atoms with van der Waals surface area (Å²) in [5, 5.41) is 4.32. The van der Waals surface area contributed by atoms with E-state index in [0.717, 1.165) is 31.4 Å². The number of hydrogen-bond acceptors (Lipinski definition) is 6. The van der Waals surface area contributed by atoms with Gasteiger partial charge in [-0.15, -0.1) is 17.3 Å². The number of hydrogen-bond donors (Lipinski definition) is 2. The van der Waals surface area contributed by atoms with E-state index in [4.69, 9.17) is 10.2 Å². The van der Waals surface area contributed by atoms with Gasteiger partial charge < -0.3 is 15.5 Å². The fraction of sp³-hybridized carbons (Fsp3) is 0.353. The van der Waals surface area contributed by atoms with Gasteiger partial charge in [0, 0.05) is 17.3 Å². The summed E-state index contributed by atoms with van der Waals surface area (Å²) in [5.41, 5.74) is 7.64. The number of alkyl halides is 1. The smallest absolute Gasteiger partial charge is 0.127 e. The van der Waals surface area contributed by atoms with Gasteiger partial charge in [0.1, 0.15) is 22.4 Å². The molecule has 7 heteroatoms. The molecule has 0 saturated carbocycles. The molecule has 0 spiro atoms. The maximum atomic E-state index is 13.4. The number of furan rings is 1. The minimum absolute atomic E-state index is 0.463. The molecule has 3 rings (SSSR count). The highest BCUT2D eigenvalue weighted by molar-refractivity contribution is 7.24. The third-order valence-electron chi connectivity index (χ3n) is 3.65. The lowest BCUT2D eigenvalue weighted by atomic mass is 10.1. The zero-order valence-electron chi connectivity index (χ0n) is 13.4. The highest BCUT2D eigenvalue weighted by atomic mass is 32.1. The molecule has 3 aromatic rings. The topological polar surface area (TPSA) is 64.1 Å². The molecule has 4 nitrogen and oxygen atoms in total. The van der Waals surface area contributed by atoms with E-state index < -0.39 is 12.2 Å². The third kappa shape index (κ3) is 3.46. The summed E-state index contributed by atoms with van der Waals surface area (Å²) < 4.78 is 24.4. The van der Waals surface area contributed by atoms with Crippen LogP contribution in [-0.2, 0) is 13.0 Å². The fourth-order valence-electron chi connectivity index (χ4n) is 2.31. The second kappa shape index (κ2) is 7.34. The van der Waals surface area contributed by atoms with Gasteiger partial charge in [0.15, 0.2) is 0 Å². The van der Waals surface area contributed by atoms with Crippen molar-refractivity contribution in [2.24, 2.45) is 5.73 Å². The first-order chi connectivity index (χ1) is 11.6. The number of anilines is 1. The van der Waals surface area contributed by atoms with Gasteiger partial charge in [0.25, 0.3) is 0 Å². The Balaban J connectivity index is 1.91. The molecule has 0 saturated heterocycles. The van der Waals surface area contributed by atoms with Crippen LogP contribution >= 0.6 is 22.9 Å². The van der Waals surface area contributed by atoms with Crippen LogP contribution < -0.4 is 11.1 Å². The molecule has 2 atom stereocenters. The largest absolute Gasteiger partial charge is 0.467 e. The Bertz CT molecular complexity index is 871. The van der Waals surface area contributed by atoms with Crippen LogP contribution in [0, 0.1) is 11.8 Å². The fourth-order valence-corrected chi connectivity index (χ4v) is 4.47. The molecule has 24 heavy (non-hydrogen) atoms. The average Bonchev–Trinajstić information content (AvgIpc) is 3.25. The number of rotatable bonds is 6. The lowest BCUT2D eigenvalue weighted by molar-refractivity contribution is 0.305. The summed E-state index contributed by atoms with van der Waals surface area (Å²) in [6.07, 6.45) is 1.05. The molecule has 126 valence electrons. The molecule has 0 aliphatic heterocycles. The van der Waals surface area contributed by atoms with E-state index in [1.807, 2.05) is 12.1 Å². The Kier molecular flexibility index (Phi) is 5.19. The Labute approximate surface area is 148 Å². The lowest BCUT2D eigenvalue weighted by Crippen LogP contribution is -2.31. The molecule has 0 bridgehead atoms.